The molecule has 2 unspecified atom stereocenters. The van der Waals surface area contributed by atoms with E-state index in [9.17, 15) is 0 Å². The second kappa shape index (κ2) is 4.62. The third-order valence-electron chi connectivity index (χ3n) is 4.51. The minimum Gasteiger partial charge on any atom is -0.328 e. The van der Waals surface area contributed by atoms with Gasteiger partial charge in [0.2, 0.25) is 0 Å². The van der Waals surface area contributed by atoms with Gasteiger partial charge in [0.05, 0.1) is 15.9 Å². The molecule has 0 amide bonds. The number of piperidine rings is 1. The van der Waals surface area contributed by atoms with Gasteiger partial charge in [-0.3, -0.25) is 9.58 Å². The Morgan fingerprint density at radius 1 is 1.33 bits per heavy atom. The summed E-state index contributed by atoms with van der Waals surface area (Å²) in [6.45, 7) is 3.05. The number of fused-ring (bicyclic) bond motifs is 2. The molecule has 1 aromatic rings. The van der Waals surface area contributed by atoms with Crippen LogP contribution in [0, 0.1) is 6.92 Å². The molecule has 2 aliphatic heterocycles. The molecule has 100 valence electrons. The highest BCUT2D eigenvalue weighted by molar-refractivity contribution is 9.10. The molecule has 5 heteroatoms. The maximum absolute atomic E-state index is 6.12. The van der Waals surface area contributed by atoms with Crippen LogP contribution in [0.25, 0.3) is 0 Å². The van der Waals surface area contributed by atoms with E-state index in [0.29, 0.717) is 18.1 Å². The molecular formula is C13H21BrN4. The van der Waals surface area contributed by atoms with E-state index in [4.69, 9.17) is 5.73 Å². The predicted molar refractivity (Wildman–Crippen MR) is 75.2 cm³/mol. The Balaban J connectivity index is 1.81. The van der Waals surface area contributed by atoms with E-state index in [1.165, 1.54) is 23.0 Å². The zero-order chi connectivity index (χ0) is 12.9. The highest BCUT2D eigenvalue weighted by Gasteiger charge is 2.39. The molecule has 0 radical (unpaired) electrons. The molecule has 4 nitrogen and oxygen atoms in total. The zero-order valence-corrected chi connectivity index (χ0v) is 12.7. The van der Waals surface area contributed by atoms with Crippen LogP contribution in [-0.2, 0) is 13.6 Å². The number of nitrogens with two attached hydrogens (primary N) is 1. The van der Waals surface area contributed by atoms with Crippen LogP contribution in [0.15, 0.2) is 4.47 Å². The molecule has 2 aliphatic rings. The van der Waals surface area contributed by atoms with E-state index in [1.807, 2.05) is 18.7 Å². The first kappa shape index (κ1) is 12.6. The topological polar surface area (TPSA) is 47.1 Å². The summed E-state index contributed by atoms with van der Waals surface area (Å²) in [6.07, 6.45) is 4.94. The molecule has 2 atom stereocenters. The minimum absolute atomic E-state index is 0.412. The quantitative estimate of drug-likeness (QED) is 0.908. The third kappa shape index (κ3) is 2.02. The van der Waals surface area contributed by atoms with Gasteiger partial charge in [-0.05, 0) is 48.5 Å². The van der Waals surface area contributed by atoms with E-state index < -0.39 is 0 Å². The summed E-state index contributed by atoms with van der Waals surface area (Å²) in [4.78, 5) is 2.64. The highest BCUT2D eigenvalue weighted by atomic mass is 79.9. The van der Waals surface area contributed by atoms with Crippen molar-refractivity contribution in [3.63, 3.8) is 0 Å². The highest BCUT2D eigenvalue weighted by Crippen LogP contribution is 2.37. The van der Waals surface area contributed by atoms with Gasteiger partial charge < -0.3 is 5.73 Å². The van der Waals surface area contributed by atoms with Crippen LogP contribution in [-0.4, -0.2) is 32.8 Å². The second-order valence-electron chi connectivity index (χ2n) is 5.76. The smallest absolute Gasteiger partial charge is 0.0739 e. The van der Waals surface area contributed by atoms with Gasteiger partial charge in [0.25, 0.3) is 0 Å². The summed E-state index contributed by atoms with van der Waals surface area (Å²) in [5.41, 5.74) is 8.49. The summed E-state index contributed by atoms with van der Waals surface area (Å²) in [5.74, 6) is 0. The zero-order valence-electron chi connectivity index (χ0n) is 11.1. The second-order valence-corrected chi connectivity index (χ2v) is 6.55. The lowest BCUT2D eigenvalue weighted by Crippen LogP contribution is -2.47. The Kier molecular flexibility index (Phi) is 3.24. The van der Waals surface area contributed by atoms with Crippen molar-refractivity contribution in [2.45, 2.75) is 57.3 Å². The first-order valence-electron chi connectivity index (χ1n) is 6.75. The third-order valence-corrected chi connectivity index (χ3v) is 5.55. The van der Waals surface area contributed by atoms with Crippen LogP contribution in [0.1, 0.15) is 37.1 Å². The molecule has 3 rings (SSSR count). The fraction of sp³-hybridized carbons (Fsp3) is 0.769. The molecule has 2 N–H and O–H groups in total. The van der Waals surface area contributed by atoms with Crippen LogP contribution >= 0.6 is 15.9 Å². The minimum atomic E-state index is 0.412. The molecule has 18 heavy (non-hydrogen) atoms. The van der Waals surface area contributed by atoms with Gasteiger partial charge in [-0.2, -0.15) is 5.10 Å². The number of rotatable bonds is 2. The van der Waals surface area contributed by atoms with E-state index in [-0.39, 0.29) is 0 Å². The van der Waals surface area contributed by atoms with Gasteiger partial charge in [-0.25, -0.2) is 0 Å². The molecular weight excluding hydrogens is 292 g/mol. The molecule has 3 heterocycles. The Morgan fingerprint density at radius 2 is 1.94 bits per heavy atom. The molecule has 0 aliphatic carbocycles. The number of aromatic nitrogens is 2. The van der Waals surface area contributed by atoms with Crippen molar-refractivity contribution in [2.24, 2.45) is 12.8 Å². The van der Waals surface area contributed by atoms with Gasteiger partial charge in [0.15, 0.2) is 0 Å². The van der Waals surface area contributed by atoms with Crippen LogP contribution in [0.3, 0.4) is 0 Å². The number of aryl methyl sites for hydroxylation is 2. The monoisotopic (exact) mass is 312 g/mol. The standard InChI is InChI=1S/C13H21BrN4/c1-8-13(14)12(17(2)16-8)7-18-10-3-4-11(18)6-9(15)5-10/h9-11H,3-7,15H2,1-2H3. The lowest BCUT2D eigenvalue weighted by Gasteiger charge is -2.37. The molecule has 1 aromatic heterocycles. The average molecular weight is 313 g/mol. The van der Waals surface area contributed by atoms with Crippen molar-refractivity contribution in [3.8, 4) is 0 Å². The van der Waals surface area contributed by atoms with E-state index in [0.717, 1.165) is 25.1 Å². The van der Waals surface area contributed by atoms with Crippen molar-refractivity contribution < 1.29 is 0 Å². The maximum atomic E-state index is 6.12. The van der Waals surface area contributed by atoms with Gasteiger partial charge in [-0.1, -0.05) is 0 Å². The molecule has 2 saturated heterocycles. The number of nitrogens with zero attached hydrogens (tertiary/aromatic N) is 3. The number of hydrogen-bond acceptors (Lipinski definition) is 3. The normalized spacial score (nSPS) is 32.1. The van der Waals surface area contributed by atoms with Gasteiger partial charge in [-0.15, -0.1) is 0 Å². The van der Waals surface area contributed by atoms with E-state index in [1.54, 1.807) is 0 Å². The molecule has 0 spiro atoms. The fourth-order valence-electron chi connectivity index (χ4n) is 3.60. The first-order valence-corrected chi connectivity index (χ1v) is 7.55. The summed E-state index contributed by atoms with van der Waals surface area (Å²) >= 11 is 3.67. The molecule has 2 fully saturated rings. The summed E-state index contributed by atoms with van der Waals surface area (Å²) < 4.78 is 3.17. The largest absolute Gasteiger partial charge is 0.328 e. The predicted octanol–water partition coefficient (Wildman–Crippen LogP) is 1.95. The molecule has 0 saturated carbocycles. The van der Waals surface area contributed by atoms with Crippen molar-refractivity contribution in [1.29, 1.82) is 0 Å². The first-order chi connectivity index (χ1) is 8.56. The Labute approximate surface area is 117 Å². The van der Waals surface area contributed by atoms with Crippen molar-refractivity contribution >= 4 is 15.9 Å². The Bertz CT molecular complexity index is 442. The summed E-state index contributed by atoms with van der Waals surface area (Å²) in [6, 6.07) is 1.78. The number of halogens is 1. The lowest BCUT2D eigenvalue weighted by molar-refractivity contribution is 0.116. The summed E-state index contributed by atoms with van der Waals surface area (Å²) in [7, 11) is 2.03. The number of hydrogen-bond donors (Lipinski definition) is 1. The Hall–Kier alpha value is -0.390. The van der Waals surface area contributed by atoms with Gasteiger partial charge in [0, 0.05) is 31.7 Å². The fourth-order valence-corrected chi connectivity index (χ4v) is 4.06. The van der Waals surface area contributed by atoms with Crippen LogP contribution < -0.4 is 5.73 Å². The van der Waals surface area contributed by atoms with Crippen molar-refractivity contribution in [2.75, 3.05) is 0 Å². The SMILES string of the molecule is Cc1nn(C)c(CN2C3CCC2CC(N)C3)c1Br. The Morgan fingerprint density at radius 3 is 2.44 bits per heavy atom. The van der Waals surface area contributed by atoms with Crippen LogP contribution in [0.2, 0.25) is 0 Å². The van der Waals surface area contributed by atoms with Crippen LogP contribution in [0.5, 0.6) is 0 Å². The lowest BCUT2D eigenvalue weighted by atomic mass is 9.98. The molecule has 0 aromatic carbocycles. The maximum Gasteiger partial charge on any atom is 0.0739 e. The van der Waals surface area contributed by atoms with Gasteiger partial charge >= 0.3 is 0 Å². The van der Waals surface area contributed by atoms with E-state index >= 15 is 0 Å². The molecule has 2 bridgehead atoms. The van der Waals surface area contributed by atoms with Crippen molar-refractivity contribution in [3.05, 3.63) is 15.9 Å². The van der Waals surface area contributed by atoms with Gasteiger partial charge in [0.1, 0.15) is 0 Å². The van der Waals surface area contributed by atoms with Crippen LogP contribution in [0.4, 0.5) is 0 Å². The average Bonchev–Trinajstić information content (AvgIpc) is 2.68. The van der Waals surface area contributed by atoms with Crippen molar-refractivity contribution in [1.82, 2.24) is 14.7 Å². The van der Waals surface area contributed by atoms with E-state index in [2.05, 4.69) is 25.9 Å². The summed E-state index contributed by atoms with van der Waals surface area (Å²) in [5, 5.41) is 4.48.